The number of hydrogen-bond acceptors (Lipinski definition) is 4. The van der Waals surface area contributed by atoms with Crippen molar-refractivity contribution in [1.82, 2.24) is 19.5 Å². The van der Waals surface area contributed by atoms with Crippen molar-refractivity contribution < 1.29 is 32.7 Å². The molecule has 9 aromatic rings. The molecule has 3 heterocycles. The first-order valence-corrected chi connectivity index (χ1v) is 19.6. The fourth-order valence-corrected chi connectivity index (χ4v) is 7.55. The fraction of sp³-hybridized carbons (Fsp3) is 0.189. The summed E-state index contributed by atoms with van der Waals surface area (Å²) in [6.45, 7) is 9.03. The van der Waals surface area contributed by atoms with E-state index >= 15 is 0 Å². The summed E-state index contributed by atoms with van der Waals surface area (Å²) in [6, 6.07) is 47.9. The minimum absolute atomic E-state index is 0. The van der Waals surface area contributed by atoms with Crippen molar-refractivity contribution in [3.05, 3.63) is 179 Å². The monoisotopic (exact) mass is 955 g/mol. The first-order valence-electron chi connectivity index (χ1n) is 22.6. The van der Waals surface area contributed by atoms with Gasteiger partial charge in [-0.15, -0.1) is 47.0 Å². The van der Waals surface area contributed by atoms with E-state index in [4.69, 9.17) is 22.6 Å². The number of fused-ring (bicyclic) bond motifs is 2. The van der Waals surface area contributed by atoms with Crippen LogP contribution in [0.25, 0.3) is 73.0 Å². The predicted octanol–water partition coefficient (Wildman–Crippen LogP) is 14.0. The van der Waals surface area contributed by atoms with Crippen LogP contribution in [0.5, 0.6) is 0 Å². The van der Waals surface area contributed by atoms with Gasteiger partial charge in [-0.3, -0.25) is 9.97 Å². The van der Waals surface area contributed by atoms with Gasteiger partial charge in [-0.1, -0.05) is 125 Å². The molecule has 297 valence electrons. The molecule has 0 bridgehead atoms. The molecule has 6 heteroatoms. The van der Waals surface area contributed by atoms with E-state index in [9.17, 15) is 0 Å². The molecule has 5 nitrogen and oxygen atoms in total. The number of hydrogen-bond donors (Lipinski definition) is 0. The molecule has 0 unspecified atom stereocenters. The van der Waals surface area contributed by atoms with Crippen molar-refractivity contribution in [2.75, 3.05) is 0 Å². The van der Waals surface area contributed by atoms with E-state index in [2.05, 4.69) is 130 Å². The van der Waals surface area contributed by atoms with Crippen molar-refractivity contribution >= 4 is 22.1 Å². The maximum atomic E-state index is 7.28. The maximum absolute atomic E-state index is 7.28. The second-order valence-electron chi connectivity index (χ2n) is 15.2. The Labute approximate surface area is 370 Å². The van der Waals surface area contributed by atoms with Gasteiger partial charge >= 0.3 is 0 Å². The summed E-state index contributed by atoms with van der Waals surface area (Å²) in [6.07, 6.45) is 1.30. The van der Waals surface area contributed by atoms with Crippen molar-refractivity contribution in [2.24, 2.45) is 0 Å². The molecule has 9 rings (SSSR count). The average molecular weight is 955 g/mol. The third-order valence-electron chi connectivity index (χ3n) is 10.4. The van der Waals surface area contributed by atoms with Crippen molar-refractivity contribution in [1.29, 1.82) is 0 Å². The van der Waals surface area contributed by atoms with E-state index in [-0.39, 0.29) is 31.2 Å². The number of rotatable bonds is 7. The van der Waals surface area contributed by atoms with Crippen LogP contribution in [-0.4, -0.2) is 19.5 Å². The SMILES string of the molecule is Cc1cccc(C)c1-c1cc(-c2nc3ccccc3n2-c2c(C(C)C)cccc2C(C)C)[c-]c2oc(-c3ccccc3)nc12.[2H]C([2H])([2H])c1c[c-]c(-c2ccc(C([2H])([2H])[2H])cn2)cc1.[Ir]. The second-order valence-corrected chi connectivity index (χ2v) is 15.2. The summed E-state index contributed by atoms with van der Waals surface area (Å²) >= 11 is 0. The summed E-state index contributed by atoms with van der Waals surface area (Å²) in [5.74, 6) is 2.09. The normalized spacial score (nSPS) is 13.2. The molecule has 6 aromatic carbocycles. The smallest absolute Gasteiger partial charge is 0.215 e. The zero-order valence-corrected chi connectivity index (χ0v) is 36.3. The molecule has 0 atom stereocenters. The molecule has 0 aliphatic carbocycles. The summed E-state index contributed by atoms with van der Waals surface area (Å²) in [5.41, 5.74) is 15.1. The average Bonchev–Trinajstić information content (AvgIpc) is 3.88. The molecule has 59 heavy (non-hydrogen) atoms. The molecule has 0 aliphatic rings. The minimum atomic E-state index is -2.18. The molecule has 0 fully saturated rings. The van der Waals surface area contributed by atoms with Gasteiger partial charge in [0.2, 0.25) is 5.89 Å². The van der Waals surface area contributed by atoms with Crippen molar-refractivity contribution in [2.45, 2.75) is 67.1 Å². The van der Waals surface area contributed by atoms with Crippen LogP contribution < -0.4 is 0 Å². The number of nitrogens with zero attached hydrogens (tertiary/aromatic N) is 4. The molecule has 0 saturated heterocycles. The molecule has 3 aromatic heterocycles. The molecule has 0 N–H and O–H groups in total. The van der Waals surface area contributed by atoms with Gasteiger partial charge in [-0.05, 0) is 95.9 Å². The Hall–Kier alpha value is -5.94. The van der Waals surface area contributed by atoms with Gasteiger partial charge in [0.05, 0.1) is 22.4 Å². The Balaban J connectivity index is 0.000000253. The van der Waals surface area contributed by atoms with Gasteiger partial charge < -0.3 is 14.0 Å². The van der Waals surface area contributed by atoms with E-state index < -0.39 is 13.7 Å². The van der Waals surface area contributed by atoms with Gasteiger partial charge in [-0.25, -0.2) is 0 Å². The second kappa shape index (κ2) is 17.5. The Bertz CT molecular complexity index is 3000. The quantitative estimate of drug-likeness (QED) is 0.149. The van der Waals surface area contributed by atoms with Gasteiger partial charge in [0.15, 0.2) is 0 Å². The zero-order chi connectivity index (χ0) is 45.5. The number of aromatic nitrogens is 4. The van der Waals surface area contributed by atoms with E-state index in [0.717, 1.165) is 44.6 Å². The Morgan fingerprint density at radius 3 is 2.02 bits per heavy atom. The summed E-state index contributed by atoms with van der Waals surface area (Å²) in [4.78, 5) is 14.4. The van der Waals surface area contributed by atoms with Crippen molar-refractivity contribution in [3.63, 3.8) is 0 Å². The van der Waals surface area contributed by atoms with Crippen LogP contribution in [0.15, 0.2) is 138 Å². The van der Waals surface area contributed by atoms with E-state index in [1.165, 1.54) is 52.3 Å². The standard InChI is InChI=1S/C40H36N3O.C13H12N.Ir/c1-24(2)30-18-13-19-31(25(3)4)38(30)43-34-21-11-10-20-33(34)41-39(43)29-22-32(36-26(5)14-12-15-27(36)6)37-35(23-29)44-40(42-37)28-16-8-7-9-17-28;1-10-3-6-12(7-4-10)13-8-5-11(2)9-14-13;/h7-22,24-25H,1-6H3;3-6,8-9H,1-2H3;/q2*-1;/i;1D3,2D3;. The molecule has 1 radical (unpaired) electrons. The van der Waals surface area contributed by atoms with E-state index in [1.807, 2.05) is 30.3 Å². The number of pyridine rings is 1. The van der Waals surface area contributed by atoms with E-state index in [1.54, 1.807) is 12.1 Å². The van der Waals surface area contributed by atoms with E-state index in [0.29, 0.717) is 34.6 Å². The Kier molecular flexibility index (Phi) is 10.1. The van der Waals surface area contributed by atoms with Gasteiger partial charge in [0, 0.05) is 51.3 Å². The van der Waals surface area contributed by atoms with Crippen LogP contribution in [0.1, 0.15) is 81.1 Å². The Morgan fingerprint density at radius 2 is 1.37 bits per heavy atom. The van der Waals surface area contributed by atoms with Gasteiger partial charge in [-0.2, -0.15) is 0 Å². The number of benzene rings is 6. The molecular formula is C53H48IrN4O-2. The summed E-state index contributed by atoms with van der Waals surface area (Å²) in [5, 5.41) is 0. The first-order chi connectivity index (χ1) is 30.5. The fourth-order valence-electron chi connectivity index (χ4n) is 7.55. The van der Waals surface area contributed by atoms with Crippen LogP contribution in [0, 0.1) is 39.7 Å². The van der Waals surface area contributed by atoms with Crippen LogP contribution in [-0.2, 0) is 20.1 Å². The number of aryl methyl sites for hydroxylation is 4. The third kappa shape index (κ3) is 8.34. The molecule has 0 spiro atoms. The zero-order valence-electron chi connectivity index (χ0n) is 39.9. The van der Waals surface area contributed by atoms with Crippen LogP contribution in [0.3, 0.4) is 0 Å². The maximum Gasteiger partial charge on any atom is 0.215 e. The van der Waals surface area contributed by atoms with Gasteiger partial charge in [0.25, 0.3) is 0 Å². The predicted molar refractivity (Wildman–Crippen MR) is 239 cm³/mol. The first kappa shape index (κ1) is 34.0. The Morgan fingerprint density at radius 1 is 0.695 bits per heavy atom. The summed E-state index contributed by atoms with van der Waals surface area (Å²) < 4.78 is 52.5. The largest absolute Gasteiger partial charge is 0.457 e. The molecular weight excluding hydrogens is 901 g/mol. The molecule has 0 saturated carbocycles. The number of imidazole rings is 1. The third-order valence-corrected chi connectivity index (χ3v) is 10.4. The van der Waals surface area contributed by atoms with Crippen LogP contribution in [0.4, 0.5) is 0 Å². The topological polar surface area (TPSA) is 56.7 Å². The number of para-hydroxylation sites is 3. The van der Waals surface area contributed by atoms with Crippen LogP contribution in [0.2, 0.25) is 0 Å². The number of oxazole rings is 1. The van der Waals surface area contributed by atoms with Gasteiger partial charge in [0.1, 0.15) is 0 Å². The minimum Gasteiger partial charge on any atom is -0.457 e. The van der Waals surface area contributed by atoms with Crippen molar-refractivity contribution in [3.8, 4) is 50.9 Å². The molecule has 0 amide bonds. The molecule has 0 aliphatic heterocycles. The van der Waals surface area contributed by atoms with Crippen LogP contribution >= 0.6 is 0 Å². The summed E-state index contributed by atoms with van der Waals surface area (Å²) in [7, 11) is 0.